The highest BCUT2D eigenvalue weighted by atomic mass is 16.5. The van der Waals surface area contributed by atoms with Crippen LogP contribution in [0.3, 0.4) is 0 Å². The number of aliphatic hydroxyl groups is 1. The van der Waals surface area contributed by atoms with Crippen LogP contribution in [0.4, 0.5) is 0 Å². The Morgan fingerprint density at radius 3 is 2.31 bits per heavy atom. The van der Waals surface area contributed by atoms with E-state index in [0.717, 1.165) is 37.9 Å². The number of aliphatic hydroxyl groups excluding tert-OH is 1. The number of benzene rings is 1. The molecule has 0 aliphatic carbocycles. The van der Waals surface area contributed by atoms with Gasteiger partial charge in [0, 0.05) is 6.42 Å². The van der Waals surface area contributed by atoms with E-state index >= 15 is 0 Å². The van der Waals surface area contributed by atoms with Gasteiger partial charge in [0.15, 0.2) is 0 Å². The Morgan fingerprint density at radius 2 is 1.62 bits per heavy atom. The van der Waals surface area contributed by atoms with Crippen LogP contribution in [-0.4, -0.2) is 28.9 Å². The van der Waals surface area contributed by atoms with Gasteiger partial charge in [-0.1, -0.05) is 54.7 Å². The lowest BCUT2D eigenvalue weighted by molar-refractivity contribution is -0.137. The van der Waals surface area contributed by atoms with Gasteiger partial charge in [-0.3, -0.25) is 4.79 Å². The van der Waals surface area contributed by atoms with Crippen molar-refractivity contribution in [3.8, 4) is 5.75 Å². The highest BCUT2D eigenvalue weighted by Gasteiger charge is 1.99. The third-order valence-corrected chi connectivity index (χ3v) is 3.66. The molecule has 1 aromatic rings. The van der Waals surface area contributed by atoms with Gasteiger partial charge in [0.05, 0.1) is 0 Å². The standard InChI is InChI=1S/C22H30O4/c23-20(19-26-21-16-12-10-13-17-21)15-11-8-6-4-2-1-3-5-7-9-14-18-22(24)25/h5-8,10-13,15-17,20,23H,1-4,9,14,18-19H2,(H,24,25). The maximum Gasteiger partial charge on any atom is 0.303 e. The summed E-state index contributed by atoms with van der Waals surface area (Å²) in [5, 5.41) is 18.3. The van der Waals surface area contributed by atoms with Crippen LogP contribution in [0.2, 0.25) is 0 Å². The zero-order valence-electron chi connectivity index (χ0n) is 15.3. The van der Waals surface area contributed by atoms with Crippen LogP contribution < -0.4 is 4.74 Å². The van der Waals surface area contributed by atoms with Gasteiger partial charge in [0.1, 0.15) is 18.5 Å². The van der Waals surface area contributed by atoms with E-state index in [-0.39, 0.29) is 13.0 Å². The van der Waals surface area contributed by atoms with Crippen molar-refractivity contribution < 1.29 is 19.7 Å². The van der Waals surface area contributed by atoms with Crippen molar-refractivity contribution in [2.75, 3.05) is 6.61 Å². The molecule has 1 rings (SSSR count). The van der Waals surface area contributed by atoms with E-state index in [9.17, 15) is 9.90 Å². The number of aliphatic carboxylic acids is 1. The van der Waals surface area contributed by atoms with Crippen molar-refractivity contribution >= 4 is 5.97 Å². The molecule has 0 amide bonds. The van der Waals surface area contributed by atoms with Crippen LogP contribution in [0.5, 0.6) is 5.75 Å². The molecule has 0 spiro atoms. The van der Waals surface area contributed by atoms with Crippen LogP contribution in [0.15, 0.2) is 66.8 Å². The first-order chi connectivity index (χ1) is 12.7. The monoisotopic (exact) mass is 358 g/mol. The summed E-state index contributed by atoms with van der Waals surface area (Å²) in [4.78, 5) is 10.4. The number of carbonyl (C=O) groups is 1. The average Bonchev–Trinajstić information content (AvgIpc) is 2.64. The van der Waals surface area contributed by atoms with Crippen molar-refractivity contribution in [2.45, 2.75) is 51.0 Å². The molecule has 1 atom stereocenters. The highest BCUT2D eigenvalue weighted by Crippen LogP contribution is 2.08. The second-order valence-electron chi connectivity index (χ2n) is 6.05. The summed E-state index contributed by atoms with van der Waals surface area (Å²) >= 11 is 0. The molecule has 4 heteroatoms. The first kappa shape index (κ1) is 21.7. The van der Waals surface area contributed by atoms with Gasteiger partial charge in [0.25, 0.3) is 0 Å². The van der Waals surface area contributed by atoms with Gasteiger partial charge >= 0.3 is 5.97 Å². The Kier molecular flexibility index (Phi) is 12.5. The smallest absolute Gasteiger partial charge is 0.303 e. The maximum atomic E-state index is 10.4. The Hall–Kier alpha value is -2.33. The Bertz CT molecular complexity index is 561. The van der Waals surface area contributed by atoms with Crippen molar-refractivity contribution in [2.24, 2.45) is 0 Å². The molecule has 26 heavy (non-hydrogen) atoms. The Balaban J connectivity index is 1.98. The fraction of sp³-hybridized carbons (Fsp3) is 0.409. The normalized spacial score (nSPS) is 13.0. The summed E-state index contributed by atoms with van der Waals surface area (Å²) in [6, 6.07) is 9.45. The minimum atomic E-state index is -0.726. The number of rotatable bonds is 14. The number of carboxylic acid groups (broad SMARTS) is 1. The summed E-state index contributed by atoms with van der Waals surface area (Å²) in [7, 11) is 0. The molecular formula is C22H30O4. The van der Waals surface area contributed by atoms with Crippen LogP contribution in [-0.2, 0) is 4.79 Å². The minimum absolute atomic E-state index is 0.243. The quantitative estimate of drug-likeness (QED) is 0.282. The number of ether oxygens (including phenoxy) is 1. The third-order valence-electron chi connectivity index (χ3n) is 3.66. The molecule has 0 fully saturated rings. The summed E-state index contributed by atoms with van der Waals surface area (Å²) < 4.78 is 5.48. The summed E-state index contributed by atoms with van der Waals surface area (Å²) in [5.41, 5.74) is 0. The topological polar surface area (TPSA) is 66.8 Å². The molecule has 0 saturated heterocycles. The van der Waals surface area contributed by atoms with Crippen molar-refractivity contribution in [3.63, 3.8) is 0 Å². The second-order valence-corrected chi connectivity index (χ2v) is 6.05. The minimum Gasteiger partial charge on any atom is -0.491 e. The molecule has 1 aromatic carbocycles. The molecule has 0 aromatic heterocycles. The van der Waals surface area contributed by atoms with E-state index in [4.69, 9.17) is 9.84 Å². The molecule has 4 nitrogen and oxygen atoms in total. The molecule has 2 N–H and O–H groups in total. The van der Waals surface area contributed by atoms with Crippen LogP contribution in [0.1, 0.15) is 44.9 Å². The van der Waals surface area contributed by atoms with Gasteiger partial charge in [-0.25, -0.2) is 0 Å². The fourth-order valence-corrected chi connectivity index (χ4v) is 2.25. The van der Waals surface area contributed by atoms with Gasteiger partial charge < -0.3 is 14.9 Å². The van der Waals surface area contributed by atoms with Gasteiger partial charge in [-0.15, -0.1) is 0 Å². The van der Waals surface area contributed by atoms with Gasteiger partial charge in [0.2, 0.25) is 0 Å². The number of hydrogen-bond acceptors (Lipinski definition) is 3. The maximum absolute atomic E-state index is 10.4. The van der Waals surface area contributed by atoms with E-state index in [1.165, 1.54) is 0 Å². The van der Waals surface area contributed by atoms with Crippen molar-refractivity contribution in [3.05, 3.63) is 66.8 Å². The molecule has 0 radical (unpaired) electrons. The molecule has 0 saturated carbocycles. The number of unbranched alkanes of at least 4 members (excludes halogenated alkanes) is 4. The highest BCUT2D eigenvalue weighted by molar-refractivity contribution is 5.66. The van der Waals surface area contributed by atoms with E-state index in [0.29, 0.717) is 6.42 Å². The number of allylic oxidation sites excluding steroid dienone is 5. The van der Waals surface area contributed by atoms with E-state index in [1.807, 2.05) is 42.5 Å². The van der Waals surface area contributed by atoms with E-state index in [2.05, 4.69) is 18.2 Å². The summed E-state index contributed by atoms with van der Waals surface area (Å²) in [6.45, 7) is 0.243. The van der Waals surface area contributed by atoms with Gasteiger partial charge in [-0.2, -0.15) is 0 Å². The lowest BCUT2D eigenvalue weighted by atomic mass is 10.1. The first-order valence-corrected chi connectivity index (χ1v) is 9.24. The number of hydrogen-bond donors (Lipinski definition) is 2. The van der Waals surface area contributed by atoms with E-state index in [1.54, 1.807) is 6.08 Å². The zero-order valence-corrected chi connectivity index (χ0v) is 15.3. The van der Waals surface area contributed by atoms with Crippen molar-refractivity contribution in [1.29, 1.82) is 0 Å². The summed E-state index contributed by atoms with van der Waals surface area (Å²) in [6.07, 6.45) is 17.3. The lowest BCUT2D eigenvalue weighted by Gasteiger charge is -2.08. The molecule has 142 valence electrons. The van der Waals surface area contributed by atoms with E-state index < -0.39 is 12.1 Å². The zero-order chi connectivity index (χ0) is 18.9. The predicted octanol–water partition coefficient (Wildman–Crippen LogP) is 4.91. The van der Waals surface area contributed by atoms with Crippen LogP contribution in [0.25, 0.3) is 0 Å². The number of para-hydroxylation sites is 1. The fourth-order valence-electron chi connectivity index (χ4n) is 2.25. The Labute approximate surface area is 156 Å². The molecular weight excluding hydrogens is 328 g/mol. The molecule has 0 heterocycles. The second kappa shape index (κ2) is 15.0. The first-order valence-electron chi connectivity index (χ1n) is 9.24. The molecule has 0 bridgehead atoms. The predicted molar refractivity (Wildman–Crippen MR) is 105 cm³/mol. The van der Waals surface area contributed by atoms with Crippen molar-refractivity contribution in [1.82, 2.24) is 0 Å². The van der Waals surface area contributed by atoms with Crippen LogP contribution >= 0.6 is 0 Å². The summed E-state index contributed by atoms with van der Waals surface area (Å²) in [5.74, 6) is 0.0295. The largest absolute Gasteiger partial charge is 0.491 e. The lowest BCUT2D eigenvalue weighted by Crippen LogP contribution is -2.14. The Morgan fingerprint density at radius 1 is 0.962 bits per heavy atom. The van der Waals surface area contributed by atoms with Crippen LogP contribution in [0, 0.1) is 0 Å². The third kappa shape index (κ3) is 13.0. The molecule has 0 aliphatic rings. The molecule has 0 aliphatic heterocycles. The average molecular weight is 358 g/mol. The SMILES string of the molecule is O=C(O)CCCC=CCCCCC=CC=CC(O)COc1ccccc1. The number of carboxylic acids is 1. The van der Waals surface area contributed by atoms with Gasteiger partial charge in [-0.05, 0) is 50.7 Å². The molecule has 1 unspecified atom stereocenters.